The molecule has 2 N–H and O–H groups in total. The van der Waals surface area contributed by atoms with E-state index < -0.39 is 17.6 Å². The van der Waals surface area contributed by atoms with Crippen LogP contribution in [0.15, 0.2) is 66.7 Å². The van der Waals surface area contributed by atoms with Gasteiger partial charge in [-0.2, -0.15) is 0 Å². The van der Waals surface area contributed by atoms with Gasteiger partial charge in [-0.1, -0.05) is 49.6 Å². The summed E-state index contributed by atoms with van der Waals surface area (Å²) < 4.78 is 10.3. The summed E-state index contributed by atoms with van der Waals surface area (Å²) in [7, 11) is 0. The molecule has 1 aliphatic carbocycles. The minimum atomic E-state index is -0.963. The number of imidazole rings is 1. The molecule has 5 aromatic rings. The lowest BCUT2D eigenvalue weighted by molar-refractivity contribution is -0.140. The average Bonchev–Trinajstić information content (AvgIpc) is 3.51. The lowest BCUT2D eigenvalue weighted by Gasteiger charge is -2.28. The maximum absolute atomic E-state index is 14.0. The van der Waals surface area contributed by atoms with Crippen LogP contribution < -0.4 is 10.1 Å². The number of aromatic nitrogens is 3. The van der Waals surface area contributed by atoms with E-state index in [4.69, 9.17) is 9.72 Å². The van der Waals surface area contributed by atoms with E-state index >= 15 is 0 Å². The Morgan fingerprint density at radius 2 is 1.75 bits per heavy atom. The van der Waals surface area contributed by atoms with E-state index in [0.717, 1.165) is 22.3 Å². The molecule has 1 atom stereocenters. The van der Waals surface area contributed by atoms with Crippen LogP contribution in [-0.2, 0) is 16.9 Å². The van der Waals surface area contributed by atoms with Crippen molar-refractivity contribution in [1.82, 2.24) is 19.4 Å². The van der Waals surface area contributed by atoms with Gasteiger partial charge in [-0.25, -0.2) is 9.78 Å². The summed E-state index contributed by atoms with van der Waals surface area (Å²) in [6, 6.07) is 20.9. The van der Waals surface area contributed by atoms with Crippen molar-refractivity contribution in [2.75, 3.05) is 6.61 Å². The number of carboxylic acid groups (broad SMARTS) is 1. The quantitative estimate of drug-likeness (QED) is 0.215. The molecule has 0 bridgehead atoms. The molecule has 0 saturated heterocycles. The normalized spacial score (nSPS) is 16.2. The molecular weight excluding hydrogens is 552 g/mol. The molecule has 8 heteroatoms. The number of fused-ring (bicyclic) bond motifs is 6. The Morgan fingerprint density at radius 3 is 2.55 bits per heavy atom. The maximum Gasteiger partial charge on any atom is 0.326 e. The largest absolute Gasteiger partial charge is 0.491 e. The van der Waals surface area contributed by atoms with Crippen LogP contribution in [0.25, 0.3) is 33.2 Å². The molecule has 1 aliphatic heterocycles. The van der Waals surface area contributed by atoms with Gasteiger partial charge in [0.15, 0.2) is 0 Å². The van der Waals surface area contributed by atoms with Gasteiger partial charge in [-0.3, -0.25) is 4.79 Å². The molecule has 3 heterocycles. The first kappa shape index (κ1) is 28.2. The van der Waals surface area contributed by atoms with Gasteiger partial charge in [0.25, 0.3) is 5.91 Å². The number of carbonyl (C=O) groups is 2. The van der Waals surface area contributed by atoms with Crippen LogP contribution in [0.2, 0.25) is 0 Å². The van der Waals surface area contributed by atoms with E-state index in [0.29, 0.717) is 36.0 Å². The van der Waals surface area contributed by atoms with Crippen LogP contribution >= 0.6 is 0 Å². The van der Waals surface area contributed by atoms with E-state index in [1.54, 1.807) is 11.5 Å². The summed E-state index contributed by atoms with van der Waals surface area (Å²) >= 11 is 0. The molecule has 1 amide bonds. The Bertz CT molecular complexity index is 1910. The third kappa shape index (κ3) is 4.64. The van der Waals surface area contributed by atoms with Crippen molar-refractivity contribution in [3.63, 3.8) is 0 Å². The smallest absolute Gasteiger partial charge is 0.326 e. The molecule has 2 aromatic heterocycles. The third-order valence-electron chi connectivity index (χ3n) is 9.42. The van der Waals surface area contributed by atoms with Crippen molar-refractivity contribution in [2.24, 2.45) is 0 Å². The standard InChI is InChI=1S/C36H38N4O4/c1-22(34(42)43)40-28-15-9-8-14-27(28)37-35(40)36(2,3)38-33(41)24-17-18-25-29(21-24)39-19-20-44-30-16-10-7-13-26(30)32(39)31(25)23-11-5-4-6-12-23/h7-10,13-18,21-23H,4-6,11-12,19-20H2,1-3H3,(H,38,41)(H,42,43). The Morgan fingerprint density at radius 1 is 1.00 bits per heavy atom. The van der Waals surface area contributed by atoms with Crippen LogP contribution in [0.1, 0.15) is 86.6 Å². The number of hydrogen-bond acceptors (Lipinski definition) is 4. The van der Waals surface area contributed by atoms with Crippen LogP contribution in [0.5, 0.6) is 5.75 Å². The molecule has 3 aromatic carbocycles. The molecule has 1 saturated carbocycles. The highest BCUT2D eigenvalue weighted by molar-refractivity contribution is 6.01. The summed E-state index contributed by atoms with van der Waals surface area (Å²) in [5.41, 5.74) is 5.75. The van der Waals surface area contributed by atoms with Gasteiger partial charge in [0.05, 0.1) is 28.8 Å². The summed E-state index contributed by atoms with van der Waals surface area (Å²) in [6.45, 7) is 6.62. The van der Waals surface area contributed by atoms with E-state index in [1.165, 1.54) is 48.7 Å². The van der Waals surface area contributed by atoms with Crippen molar-refractivity contribution in [1.29, 1.82) is 0 Å². The number of para-hydroxylation sites is 3. The zero-order valence-corrected chi connectivity index (χ0v) is 25.5. The van der Waals surface area contributed by atoms with Crippen LogP contribution in [0.4, 0.5) is 0 Å². The summed E-state index contributed by atoms with van der Waals surface area (Å²) in [5, 5.41) is 14.3. The Kier molecular flexibility index (Phi) is 6.95. The second kappa shape index (κ2) is 10.8. The second-order valence-electron chi connectivity index (χ2n) is 12.7. The number of benzene rings is 3. The Balaban J connectivity index is 1.31. The molecule has 44 heavy (non-hydrogen) atoms. The number of hydrogen-bond donors (Lipinski definition) is 2. The van der Waals surface area contributed by atoms with Crippen LogP contribution in [0.3, 0.4) is 0 Å². The molecule has 1 fully saturated rings. The topological polar surface area (TPSA) is 98.4 Å². The van der Waals surface area contributed by atoms with Crippen LogP contribution in [-0.4, -0.2) is 37.7 Å². The van der Waals surface area contributed by atoms with E-state index in [-0.39, 0.29) is 5.91 Å². The van der Waals surface area contributed by atoms with Crippen molar-refractivity contribution < 1.29 is 19.4 Å². The average molecular weight is 591 g/mol. The zero-order valence-electron chi connectivity index (χ0n) is 25.5. The predicted octanol–water partition coefficient (Wildman–Crippen LogP) is 7.41. The van der Waals surface area contributed by atoms with Gasteiger partial charge in [-0.05, 0) is 81.5 Å². The summed E-state index contributed by atoms with van der Waals surface area (Å²) in [4.78, 5) is 30.8. The lowest BCUT2D eigenvalue weighted by Crippen LogP contribution is -2.43. The first-order valence-corrected chi connectivity index (χ1v) is 15.7. The van der Waals surface area contributed by atoms with Crippen molar-refractivity contribution >= 4 is 33.8 Å². The molecule has 0 spiro atoms. The fraction of sp³-hybridized carbons (Fsp3) is 0.361. The van der Waals surface area contributed by atoms with Gasteiger partial charge >= 0.3 is 5.97 Å². The first-order chi connectivity index (χ1) is 21.2. The number of ether oxygens (including phenoxy) is 1. The van der Waals surface area contributed by atoms with Gasteiger partial charge in [-0.15, -0.1) is 0 Å². The highest BCUT2D eigenvalue weighted by atomic mass is 16.5. The van der Waals surface area contributed by atoms with Gasteiger partial charge < -0.3 is 24.3 Å². The molecule has 226 valence electrons. The number of nitrogens with one attached hydrogen (secondary N) is 1. The molecule has 0 radical (unpaired) electrons. The minimum Gasteiger partial charge on any atom is -0.491 e. The maximum atomic E-state index is 14.0. The molecule has 1 unspecified atom stereocenters. The predicted molar refractivity (Wildman–Crippen MR) is 171 cm³/mol. The minimum absolute atomic E-state index is 0.237. The lowest BCUT2D eigenvalue weighted by atomic mass is 9.81. The summed E-state index contributed by atoms with van der Waals surface area (Å²) in [5.74, 6) is 0.669. The van der Waals surface area contributed by atoms with Gasteiger partial charge in [0.1, 0.15) is 24.2 Å². The zero-order chi connectivity index (χ0) is 30.6. The van der Waals surface area contributed by atoms with E-state index in [9.17, 15) is 14.7 Å². The van der Waals surface area contributed by atoms with Crippen LogP contribution in [0, 0.1) is 0 Å². The Hall–Kier alpha value is -4.59. The Labute approximate surface area is 256 Å². The highest BCUT2D eigenvalue weighted by Gasteiger charge is 2.34. The molecular formula is C36H38N4O4. The van der Waals surface area contributed by atoms with Gasteiger partial charge in [0.2, 0.25) is 0 Å². The number of carboxylic acids is 1. The van der Waals surface area contributed by atoms with Crippen molar-refractivity contribution in [3.8, 4) is 17.0 Å². The molecule has 8 nitrogen and oxygen atoms in total. The molecule has 7 rings (SSSR count). The number of amides is 1. The number of carbonyl (C=O) groups excluding carboxylic acids is 1. The summed E-state index contributed by atoms with van der Waals surface area (Å²) in [6.07, 6.45) is 6.08. The SMILES string of the molecule is CC(C(=O)O)n1c(C(C)(C)NC(=O)c2ccc3c(C4CCCCC4)c4n(c3c2)CCOc2ccccc2-4)nc2ccccc21. The number of aliphatic carboxylic acids is 1. The number of nitrogens with zero attached hydrogens (tertiary/aromatic N) is 3. The van der Waals surface area contributed by atoms with E-state index in [1.807, 2.05) is 62.4 Å². The van der Waals surface area contributed by atoms with E-state index in [2.05, 4.69) is 28.1 Å². The van der Waals surface area contributed by atoms with Crippen molar-refractivity contribution in [3.05, 3.63) is 83.7 Å². The van der Waals surface area contributed by atoms with Crippen molar-refractivity contribution in [2.45, 2.75) is 76.9 Å². The van der Waals surface area contributed by atoms with Gasteiger partial charge in [0, 0.05) is 22.0 Å². The highest BCUT2D eigenvalue weighted by Crippen LogP contribution is 2.47. The fourth-order valence-corrected chi connectivity index (χ4v) is 7.28. The second-order valence-corrected chi connectivity index (χ2v) is 12.7. The monoisotopic (exact) mass is 590 g/mol. The molecule has 2 aliphatic rings. The first-order valence-electron chi connectivity index (χ1n) is 15.7. The fourth-order valence-electron chi connectivity index (χ4n) is 7.28. The number of rotatable bonds is 6. The third-order valence-corrected chi connectivity index (χ3v) is 9.42.